The van der Waals surface area contributed by atoms with Crippen LogP contribution in [0, 0.1) is 5.82 Å². The van der Waals surface area contributed by atoms with Crippen LogP contribution in [-0.2, 0) is 21.1 Å². The number of anilines is 1. The van der Waals surface area contributed by atoms with Crippen molar-refractivity contribution in [3.63, 3.8) is 0 Å². The van der Waals surface area contributed by atoms with Gasteiger partial charge in [0.15, 0.2) is 0 Å². The molecule has 0 unspecified atom stereocenters. The summed E-state index contributed by atoms with van der Waals surface area (Å²) in [6.45, 7) is 0. The molecule has 2 aliphatic rings. The molecule has 1 aromatic heterocycles. The molecule has 2 aromatic carbocycles. The van der Waals surface area contributed by atoms with Crippen LogP contribution in [0.1, 0.15) is 72.5 Å². The van der Waals surface area contributed by atoms with Gasteiger partial charge in [0.2, 0.25) is 5.91 Å². The SMILES string of the molecule is COC(=O)c1cc(NC(=O)C2(c3ccc(C(F)(F)F)cc3F)CC2)ccc1-c1cnn(C2CCCCC2)c1. The van der Waals surface area contributed by atoms with Gasteiger partial charge in [-0.1, -0.05) is 31.4 Å². The average Bonchev–Trinajstić information content (AvgIpc) is 3.57. The first kappa shape index (κ1) is 25.9. The van der Waals surface area contributed by atoms with Crippen molar-refractivity contribution >= 4 is 17.6 Å². The van der Waals surface area contributed by atoms with Crippen molar-refractivity contribution in [1.82, 2.24) is 9.78 Å². The molecule has 38 heavy (non-hydrogen) atoms. The number of nitrogens with one attached hydrogen (secondary N) is 1. The summed E-state index contributed by atoms with van der Waals surface area (Å²) in [5.41, 5.74) is -0.620. The second-order valence-corrected chi connectivity index (χ2v) is 9.98. The predicted molar refractivity (Wildman–Crippen MR) is 132 cm³/mol. The number of methoxy groups -OCH3 is 1. The number of benzene rings is 2. The number of halogens is 4. The first-order valence-electron chi connectivity index (χ1n) is 12.6. The predicted octanol–water partition coefficient (Wildman–Crippen LogP) is 6.67. The lowest BCUT2D eigenvalue weighted by Gasteiger charge is -2.21. The molecule has 0 saturated heterocycles. The molecular weight excluding hydrogens is 502 g/mol. The van der Waals surface area contributed by atoms with E-state index in [4.69, 9.17) is 4.74 Å². The third kappa shape index (κ3) is 4.91. The molecule has 10 heteroatoms. The van der Waals surface area contributed by atoms with Crippen molar-refractivity contribution in [3.8, 4) is 11.1 Å². The fourth-order valence-corrected chi connectivity index (χ4v) is 5.25. The first-order chi connectivity index (χ1) is 18.1. The van der Waals surface area contributed by atoms with Gasteiger partial charge in [-0.15, -0.1) is 0 Å². The Morgan fingerprint density at radius 2 is 1.82 bits per heavy atom. The Hall–Kier alpha value is -3.69. The van der Waals surface area contributed by atoms with Gasteiger partial charge in [-0.25, -0.2) is 9.18 Å². The van der Waals surface area contributed by atoms with E-state index in [0.29, 0.717) is 30.5 Å². The van der Waals surface area contributed by atoms with E-state index >= 15 is 0 Å². The van der Waals surface area contributed by atoms with E-state index in [1.807, 2.05) is 10.9 Å². The van der Waals surface area contributed by atoms with Gasteiger partial charge in [-0.05, 0) is 55.5 Å². The Bertz CT molecular complexity index is 1370. The minimum absolute atomic E-state index is 0.0806. The van der Waals surface area contributed by atoms with Crippen molar-refractivity contribution in [2.75, 3.05) is 12.4 Å². The van der Waals surface area contributed by atoms with Crippen LogP contribution >= 0.6 is 0 Å². The van der Waals surface area contributed by atoms with Crippen LogP contribution in [0.4, 0.5) is 23.2 Å². The normalized spacial score (nSPS) is 17.2. The zero-order chi connectivity index (χ0) is 27.1. The summed E-state index contributed by atoms with van der Waals surface area (Å²) in [7, 11) is 1.26. The van der Waals surface area contributed by atoms with Gasteiger partial charge in [-0.3, -0.25) is 9.48 Å². The number of hydrogen-bond acceptors (Lipinski definition) is 4. The Balaban J connectivity index is 1.40. The minimum atomic E-state index is -4.68. The highest BCUT2D eigenvalue weighted by Crippen LogP contribution is 2.50. The summed E-state index contributed by atoms with van der Waals surface area (Å²) in [6, 6.07) is 7.33. The molecule has 5 rings (SSSR count). The summed E-state index contributed by atoms with van der Waals surface area (Å²) in [6.07, 6.45) is 5.14. The molecule has 2 saturated carbocycles. The van der Waals surface area contributed by atoms with E-state index in [1.165, 1.54) is 19.6 Å². The number of carbonyl (C=O) groups excluding carboxylic acids is 2. The first-order valence-corrected chi connectivity index (χ1v) is 12.6. The molecule has 200 valence electrons. The van der Waals surface area contributed by atoms with E-state index in [-0.39, 0.29) is 16.8 Å². The highest BCUT2D eigenvalue weighted by atomic mass is 19.4. The number of aromatic nitrogens is 2. The fraction of sp³-hybridized carbons (Fsp3) is 0.393. The lowest BCUT2D eigenvalue weighted by molar-refractivity contribution is -0.137. The van der Waals surface area contributed by atoms with Crippen molar-refractivity contribution in [2.24, 2.45) is 0 Å². The number of rotatable bonds is 6. The summed E-state index contributed by atoms with van der Waals surface area (Å²) in [4.78, 5) is 25.8. The molecule has 0 bridgehead atoms. The number of nitrogens with zero attached hydrogens (tertiary/aromatic N) is 2. The monoisotopic (exact) mass is 529 g/mol. The lowest BCUT2D eigenvalue weighted by Crippen LogP contribution is -2.29. The van der Waals surface area contributed by atoms with Crippen LogP contribution in [0.15, 0.2) is 48.8 Å². The molecule has 0 spiro atoms. The van der Waals surface area contributed by atoms with Crippen LogP contribution in [-0.4, -0.2) is 28.8 Å². The lowest BCUT2D eigenvalue weighted by atomic mass is 9.93. The molecule has 6 nitrogen and oxygen atoms in total. The highest BCUT2D eigenvalue weighted by Gasteiger charge is 2.53. The van der Waals surface area contributed by atoms with Gasteiger partial charge < -0.3 is 10.1 Å². The standard InChI is InChI=1S/C28H27F4N3O3/c1-38-25(36)22-14-19(8-9-21(22)17-15-33-35(16-17)20-5-3-2-4-6-20)34-26(37)27(11-12-27)23-10-7-18(13-24(23)29)28(30,31)32/h7-10,13-16,20H,2-6,11-12H2,1H3,(H,34,37). The molecule has 2 fully saturated rings. The van der Waals surface area contributed by atoms with Crippen LogP contribution in [0.25, 0.3) is 11.1 Å². The Kier molecular flexibility index (Phi) is 6.75. The van der Waals surface area contributed by atoms with E-state index in [9.17, 15) is 27.2 Å². The largest absolute Gasteiger partial charge is 0.465 e. The van der Waals surface area contributed by atoms with Crippen molar-refractivity contribution in [1.29, 1.82) is 0 Å². The third-order valence-electron chi connectivity index (χ3n) is 7.54. The van der Waals surface area contributed by atoms with E-state index in [1.54, 1.807) is 18.3 Å². The number of alkyl halides is 3. The zero-order valence-corrected chi connectivity index (χ0v) is 20.8. The molecular formula is C28H27F4N3O3. The van der Waals surface area contributed by atoms with E-state index in [0.717, 1.165) is 43.4 Å². The van der Waals surface area contributed by atoms with Gasteiger partial charge >= 0.3 is 12.1 Å². The molecule has 3 aromatic rings. The van der Waals surface area contributed by atoms with Gasteiger partial charge in [0.25, 0.3) is 0 Å². The highest BCUT2D eigenvalue weighted by molar-refractivity contribution is 6.04. The molecule has 1 heterocycles. The van der Waals surface area contributed by atoms with Crippen molar-refractivity contribution in [3.05, 3.63) is 71.3 Å². The van der Waals surface area contributed by atoms with Gasteiger partial charge in [0, 0.05) is 23.0 Å². The second kappa shape index (κ2) is 9.89. The minimum Gasteiger partial charge on any atom is -0.465 e. The van der Waals surface area contributed by atoms with Crippen LogP contribution < -0.4 is 5.32 Å². The zero-order valence-electron chi connectivity index (χ0n) is 20.8. The maximum Gasteiger partial charge on any atom is 0.416 e. The van der Waals surface area contributed by atoms with Gasteiger partial charge in [0.05, 0.1) is 35.9 Å². The van der Waals surface area contributed by atoms with Gasteiger partial charge in [0.1, 0.15) is 5.82 Å². The Labute approximate surface area is 217 Å². The molecule has 1 N–H and O–H groups in total. The summed E-state index contributed by atoms with van der Waals surface area (Å²) >= 11 is 0. The molecule has 2 aliphatic carbocycles. The fourth-order valence-electron chi connectivity index (χ4n) is 5.25. The average molecular weight is 530 g/mol. The quantitative estimate of drug-likeness (QED) is 0.286. The molecule has 0 atom stereocenters. The molecule has 1 amide bonds. The smallest absolute Gasteiger partial charge is 0.416 e. The van der Waals surface area contributed by atoms with Crippen molar-refractivity contribution < 1.29 is 31.9 Å². The van der Waals surface area contributed by atoms with Crippen LogP contribution in [0.5, 0.6) is 0 Å². The second-order valence-electron chi connectivity index (χ2n) is 9.98. The van der Waals surface area contributed by atoms with Crippen LogP contribution in [0.2, 0.25) is 0 Å². The Morgan fingerprint density at radius 3 is 2.45 bits per heavy atom. The van der Waals surface area contributed by atoms with Crippen LogP contribution in [0.3, 0.4) is 0 Å². The molecule has 0 radical (unpaired) electrons. The summed E-state index contributed by atoms with van der Waals surface area (Å²) in [5, 5.41) is 7.22. The molecule has 0 aliphatic heterocycles. The summed E-state index contributed by atoms with van der Waals surface area (Å²) in [5.74, 6) is -2.23. The number of amides is 1. The van der Waals surface area contributed by atoms with E-state index in [2.05, 4.69) is 10.4 Å². The summed E-state index contributed by atoms with van der Waals surface area (Å²) < 4.78 is 60.4. The van der Waals surface area contributed by atoms with Crippen molar-refractivity contribution in [2.45, 2.75) is 62.6 Å². The van der Waals surface area contributed by atoms with Gasteiger partial charge in [-0.2, -0.15) is 18.3 Å². The Morgan fingerprint density at radius 1 is 1.08 bits per heavy atom. The number of esters is 1. The maximum absolute atomic E-state index is 14.7. The number of hydrogen-bond donors (Lipinski definition) is 1. The third-order valence-corrected chi connectivity index (χ3v) is 7.54. The van der Waals surface area contributed by atoms with E-state index < -0.39 is 34.8 Å². The topological polar surface area (TPSA) is 73.2 Å². The maximum atomic E-state index is 14.7. The number of ether oxygens (including phenoxy) is 1. The number of carbonyl (C=O) groups is 2.